The Hall–Kier alpha value is -1.24. The van der Waals surface area contributed by atoms with E-state index in [1.807, 2.05) is 11.0 Å². The van der Waals surface area contributed by atoms with Crippen molar-refractivity contribution in [3.05, 3.63) is 0 Å². The maximum atomic E-state index is 11.5. The van der Waals surface area contributed by atoms with Crippen LogP contribution >= 0.6 is 0 Å². The summed E-state index contributed by atoms with van der Waals surface area (Å²) in [5.41, 5.74) is 0. The first-order valence-corrected chi connectivity index (χ1v) is 7.12. The number of methoxy groups -OCH3 is 2. The lowest BCUT2D eigenvalue weighted by molar-refractivity contribution is -0.144. The topological polar surface area (TPSA) is 90.2 Å². The average Bonchev–Trinajstić information content (AvgIpc) is 2.52. The molecule has 0 N–H and O–H groups in total. The van der Waals surface area contributed by atoms with E-state index in [4.69, 9.17) is 28.9 Å². The van der Waals surface area contributed by atoms with Crippen LogP contribution in [0.5, 0.6) is 0 Å². The summed E-state index contributed by atoms with van der Waals surface area (Å²) >= 11 is 0. The lowest BCUT2D eigenvalue weighted by Crippen LogP contribution is -2.33. The highest BCUT2D eigenvalue weighted by Gasteiger charge is 2.09. The van der Waals surface area contributed by atoms with Gasteiger partial charge in [0.2, 0.25) is 0 Å². The summed E-state index contributed by atoms with van der Waals surface area (Å²) in [6.07, 6.45) is 0.477. The molecule has 0 aliphatic heterocycles. The maximum absolute atomic E-state index is 11.5. The summed E-state index contributed by atoms with van der Waals surface area (Å²) in [6, 6.07) is 1.92. The normalized spacial score (nSPS) is 10.6. The summed E-state index contributed by atoms with van der Waals surface area (Å²) in [4.78, 5) is 13.6. The van der Waals surface area contributed by atoms with E-state index in [0.29, 0.717) is 32.8 Å². The highest BCUT2D eigenvalue weighted by Crippen LogP contribution is 1.96. The molecule has 0 radical (unpaired) electrons. The molecular formula is C14H26N2O6. The molecule has 22 heavy (non-hydrogen) atoms. The fraction of sp³-hybridized carbons (Fsp3) is 0.857. The van der Waals surface area contributed by atoms with Gasteiger partial charge in [0, 0.05) is 33.9 Å². The fourth-order valence-electron chi connectivity index (χ4n) is 1.54. The third-order valence-electron chi connectivity index (χ3n) is 2.62. The molecule has 0 bridgehead atoms. The second-order valence-corrected chi connectivity index (χ2v) is 4.35. The molecule has 0 heterocycles. The third-order valence-corrected chi connectivity index (χ3v) is 2.62. The Morgan fingerprint density at radius 1 is 1.00 bits per heavy atom. The molecule has 0 aromatic rings. The van der Waals surface area contributed by atoms with E-state index >= 15 is 0 Å². The number of nitriles is 1. The fourth-order valence-corrected chi connectivity index (χ4v) is 1.54. The second kappa shape index (κ2) is 16.1. The van der Waals surface area contributed by atoms with Crippen LogP contribution in [0.4, 0.5) is 0 Å². The van der Waals surface area contributed by atoms with Crippen LogP contribution in [-0.2, 0) is 28.5 Å². The number of carbonyl (C=O) groups is 1. The van der Waals surface area contributed by atoms with Gasteiger partial charge < -0.3 is 23.7 Å². The van der Waals surface area contributed by atoms with Gasteiger partial charge >= 0.3 is 5.97 Å². The molecular weight excluding hydrogens is 292 g/mol. The summed E-state index contributed by atoms with van der Waals surface area (Å²) in [5.74, 6) is -0.309. The minimum absolute atomic E-state index is 0.142. The predicted octanol–water partition coefficient (Wildman–Crippen LogP) is 0.376. The number of hydrogen-bond acceptors (Lipinski definition) is 8. The molecule has 8 nitrogen and oxygen atoms in total. The molecule has 0 fully saturated rings. The van der Waals surface area contributed by atoms with Crippen LogP contribution in [0.15, 0.2) is 0 Å². The van der Waals surface area contributed by atoms with E-state index in [0.717, 1.165) is 0 Å². The Balaban J connectivity index is 3.93. The van der Waals surface area contributed by atoms with Crippen molar-refractivity contribution < 1.29 is 28.5 Å². The van der Waals surface area contributed by atoms with Gasteiger partial charge in [0.25, 0.3) is 0 Å². The molecule has 0 saturated heterocycles. The van der Waals surface area contributed by atoms with Crippen LogP contribution in [0.2, 0.25) is 0 Å². The van der Waals surface area contributed by atoms with Gasteiger partial charge in [-0.05, 0) is 0 Å². The predicted molar refractivity (Wildman–Crippen MR) is 77.9 cm³/mol. The van der Waals surface area contributed by atoms with Crippen molar-refractivity contribution in [2.24, 2.45) is 0 Å². The summed E-state index contributed by atoms with van der Waals surface area (Å²) in [6.45, 7) is 3.48. The Morgan fingerprint density at radius 2 is 1.59 bits per heavy atom. The van der Waals surface area contributed by atoms with Crippen LogP contribution < -0.4 is 0 Å². The molecule has 0 spiro atoms. The Labute approximate surface area is 131 Å². The minimum atomic E-state index is -0.309. The van der Waals surface area contributed by atoms with Gasteiger partial charge in [-0.3, -0.25) is 9.69 Å². The Kier molecular flexibility index (Phi) is 15.2. The van der Waals surface area contributed by atoms with Gasteiger partial charge in [-0.25, -0.2) is 0 Å². The number of carbonyl (C=O) groups excluding carboxylic acids is 1. The van der Waals surface area contributed by atoms with Crippen molar-refractivity contribution in [1.29, 1.82) is 5.26 Å². The quantitative estimate of drug-likeness (QED) is 0.243. The van der Waals surface area contributed by atoms with Crippen LogP contribution in [0.3, 0.4) is 0 Å². The smallest absolute Gasteiger partial charge is 0.307 e. The maximum Gasteiger partial charge on any atom is 0.307 e. The van der Waals surface area contributed by atoms with Crippen LogP contribution in [0.25, 0.3) is 0 Å². The molecule has 0 rings (SSSR count). The van der Waals surface area contributed by atoms with E-state index in [2.05, 4.69) is 0 Å². The van der Waals surface area contributed by atoms with Gasteiger partial charge in [-0.15, -0.1) is 0 Å². The van der Waals surface area contributed by atoms with Gasteiger partial charge in [0.15, 0.2) is 0 Å². The van der Waals surface area contributed by atoms with Gasteiger partial charge in [-0.2, -0.15) is 5.26 Å². The molecule has 8 heteroatoms. The van der Waals surface area contributed by atoms with Crippen molar-refractivity contribution in [3.8, 4) is 6.07 Å². The third kappa shape index (κ3) is 13.7. The standard InChI is InChI=1S/C14H26N2O6/c1-18-12-20-10-7-16(8-11-21-13-19-2)6-4-14(17)22-9-3-5-15/h3-4,6-13H2,1-2H3. The molecule has 128 valence electrons. The molecule has 0 amide bonds. The van der Waals surface area contributed by atoms with Crippen molar-refractivity contribution in [3.63, 3.8) is 0 Å². The Bertz CT molecular complexity index is 296. The van der Waals surface area contributed by atoms with Crippen LogP contribution in [0, 0.1) is 11.3 Å². The van der Waals surface area contributed by atoms with E-state index < -0.39 is 0 Å². The number of hydrogen-bond donors (Lipinski definition) is 0. The highest BCUT2D eigenvalue weighted by molar-refractivity contribution is 5.69. The molecule has 0 saturated carbocycles. The number of ether oxygens (including phenoxy) is 5. The summed E-state index contributed by atoms with van der Waals surface area (Å²) < 4.78 is 25.0. The molecule has 0 unspecified atom stereocenters. The van der Waals surface area contributed by atoms with Crippen LogP contribution in [-0.4, -0.2) is 78.1 Å². The molecule has 0 aromatic carbocycles. The average molecular weight is 318 g/mol. The highest BCUT2D eigenvalue weighted by atomic mass is 16.7. The second-order valence-electron chi connectivity index (χ2n) is 4.35. The lowest BCUT2D eigenvalue weighted by atomic mass is 10.3. The zero-order valence-electron chi connectivity index (χ0n) is 13.4. The van der Waals surface area contributed by atoms with Gasteiger partial charge in [0.05, 0.1) is 32.1 Å². The van der Waals surface area contributed by atoms with E-state index in [1.165, 1.54) is 0 Å². The van der Waals surface area contributed by atoms with Crippen molar-refractivity contribution in [2.75, 3.05) is 67.3 Å². The first kappa shape index (κ1) is 20.8. The zero-order valence-corrected chi connectivity index (χ0v) is 13.4. The van der Waals surface area contributed by atoms with E-state index in [1.54, 1.807) is 14.2 Å². The number of nitrogens with zero attached hydrogens (tertiary/aromatic N) is 2. The summed E-state index contributed by atoms with van der Waals surface area (Å²) in [7, 11) is 3.13. The van der Waals surface area contributed by atoms with Crippen molar-refractivity contribution >= 4 is 5.97 Å². The molecule has 0 atom stereocenters. The van der Waals surface area contributed by atoms with E-state index in [-0.39, 0.29) is 39.0 Å². The minimum Gasteiger partial charge on any atom is -0.465 e. The SMILES string of the molecule is COCOCCN(CCOCOC)CCC(=O)OCCC#N. The van der Waals surface area contributed by atoms with Crippen molar-refractivity contribution in [2.45, 2.75) is 12.8 Å². The van der Waals surface area contributed by atoms with Crippen LogP contribution in [0.1, 0.15) is 12.8 Å². The lowest BCUT2D eigenvalue weighted by Gasteiger charge is -2.21. The zero-order chi connectivity index (χ0) is 16.5. The molecule has 0 aromatic heterocycles. The van der Waals surface area contributed by atoms with Gasteiger partial charge in [0.1, 0.15) is 20.2 Å². The Morgan fingerprint density at radius 3 is 2.09 bits per heavy atom. The summed E-state index contributed by atoms with van der Waals surface area (Å²) in [5, 5.41) is 8.38. The number of rotatable bonds is 15. The van der Waals surface area contributed by atoms with E-state index in [9.17, 15) is 4.79 Å². The molecule has 0 aliphatic rings. The first-order chi connectivity index (χ1) is 10.7. The number of esters is 1. The molecule has 0 aliphatic carbocycles. The largest absolute Gasteiger partial charge is 0.465 e. The van der Waals surface area contributed by atoms with Crippen molar-refractivity contribution in [1.82, 2.24) is 4.90 Å². The monoisotopic (exact) mass is 318 g/mol. The first-order valence-electron chi connectivity index (χ1n) is 7.12. The van der Waals surface area contributed by atoms with Gasteiger partial charge in [-0.1, -0.05) is 0 Å².